The lowest BCUT2D eigenvalue weighted by Gasteiger charge is -2.32. The molecule has 21 heavy (non-hydrogen) atoms. The fourth-order valence-corrected chi connectivity index (χ4v) is 3.04. The van der Waals surface area contributed by atoms with Crippen LogP contribution in [0.2, 0.25) is 0 Å². The number of aliphatic hydroxyl groups excluding tert-OH is 1. The molecular weight excluding hydrogens is 267 g/mol. The van der Waals surface area contributed by atoms with E-state index in [1.807, 2.05) is 41.5 Å². The van der Waals surface area contributed by atoms with Gasteiger partial charge in [-0.25, -0.2) is 0 Å². The van der Waals surface area contributed by atoms with Crippen molar-refractivity contribution in [2.45, 2.75) is 96.6 Å². The van der Waals surface area contributed by atoms with Crippen LogP contribution < -0.4 is 0 Å². The van der Waals surface area contributed by atoms with Crippen LogP contribution in [0, 0.1) is 5.92 Å². The summed E-state index contributed by atoms with van der Waals surface area (Å²) in [5, 5.41) is 10.7. The third-order valence-electron chi connectivity index (χ3n) is 5.33. The first-order chi connectivity index (χ1) is 9.58. The number of ether oxygens (including phenoxy) is 1. The minimum Gasteiger partial charge on any atom is -0.401 e. The van der Waals surface area contributed by atoms with E-state index in [-0.39, 0.29) is 12.0 Å². The Morgan fingerprint density at radius 2 is 1.62 bits per heavy atom. The van der Waals surface area contributed by atoms with Gasteiger partial charge in [0.05, 0.1) is 23.4 Å². The Balaban J connectivity index is 2.20. The van der Waals surface area contributed by atoms with Crippen LogP contribution >= 0.6 is 0 Å². The predicted molar refractivity (Wildman–Crippen MR) is 84.1 cm³/mol. The second-order valence-corrected chi connectivity index (χ2v) is 7.88. The molecule has 5 heteroatoms. The molecule has 1 N–H and O–H groups in total. The fourth-order valence-electron chi connectivity index (χ4n) is 3.04. The average Bonchev–Trinajstić information content (AvgIpc) is 3.03. The van der Waals surface area contributed by atoms with Crippen molar-refractivity contribution in [3.63, 3.8) is 0 Å². The van der Waals surface area contributed by atoms with Gasteiger partial charge in [-0.15, -0.1) is 0 Å². The molecule has 122 valence electrons. The summed E-state index contributed by atoms with van der Waals surface area (Å²) in [5.74, 6) is 0.107. The Kier molecular flexibility index (Phi) is 4.54. The van der Waals surface area contributed by atoms with Gasteiger partial charge in [-0.3, -0.25) is 0 Å². The lowest BCUT2D eigenvalue weighted by molar-refractivity contribution is 0.00578. The van der Waals surface area contributed by atoms with Crippen LogP contribution in [-0.4, -0.2) is 41.1 Å². The Labute approximate surface area is 129 Å². The van der Waals surface area contributed by atoms with E-state index in [1.165, 1.54) is 0 Å². The summed E-state index contributed by atoms with van der Waals surface area (Å²) in [4.78, 5) is 0. The lowest BCUT2D eigenvalue weighted by Crippen LogP contribution is -2.51. The monoisotopic (exact) mass is 298 g/mol. The van der Waals surface area contributed by atoms with Crippen LogP contribution in [0.25, 0.3) is 0 Å². The number of hydrogen-bond donors (Lipinski definition) is 1. The molecule has 2 saturated heterocycles. The van der Waals surface area contributed by atoms with Crippen LogP contribution in [0.1, 0.15) is 67.7 Å². The van der Waals surface area contributed by atoms with Crippen molar-refractivity contribution in [3.8, 4) is 0 Å². The predicted octanol–water partition coefficient (Wildman–Crippen LogP) is 2.96. The lowest BCUT2D eigenvalue weighted by atomic mass is 9.63. The molecule has 2 fully saturated rings. The molecule has 0 spiro atoms. The Morgan fingerprint density at radius 1 is 1.10 bits per heavy atom. The Morgan fingerprint density at radius 3 is 2.05 bits per heavy atom. The van der Waals surface area contributed by atoms with Crippen molar-refractivity contribution in [3.05, 3.63) is 0 Å². The fraction of sp³-hybridized carbons (Fsp3) is 1.00. The van der Waals surface area contributed by atoms with Gasteiger partial charge in [0.15, 0.2) is 5.50 Å². The zero-order chi connectivity index (χ0) is 16.1. The second kappa shape index (κ2) is 5.52. The number of rotatable bonds is 6. The van der Waals surface area contributed by atoms with E-state index in [4.69, 9.17) is 14.0 Å². The van der Waals surface area contributed by atoms with Crippen molar-refractivity contribution in [1.82, 2.24) is 0 Å². The summed E-state index contributed by atoms with van der Waals surface area (Å²) in [6.07, 6.45) is 2.62. The zero-order valence-electron chi connectivity index (χ0n) is 14.6. The quantitative estimate of drug-likeness (QED) is 0.605. The van der Waals surface area contributed by atoms with Gasteiger partial charge in [0.25, 0.3) is 0 Å². The van der Waals surface area contributed by atoms with Crippen molar-refractivity contribution < 1.29 is 19.2 Å². The van der Waals surface area contributed by atoms with E-state index < -0.39 is 29.9 Å². The third-order valence-corrected chi connectivity index (χ3v) is 5.33. The summed E-state index contributed by atoms with van der Waals surface area (Å²) < 4.78 is 18.3. The Hall–Kier alpha value is -0.0951. The normalized spacial score (nSPS) is 35.3. The van der Waals surface area contributed by atoms with Crippen LogP contribution in [0.5, 0.6) is 0 Å². The van der Waals surface area contributed by atoms with E-state index >= 15 is 0 Å². The first kappa shape index (κ1) is 17.3. The summed E-state index contributed by atoms with van der Waals surface area (Å²) >= 11 is 0. The minimum atomic E-state index is -0.700. The van der Waals surface area contributed by atoms with E-state index in [9.17, 15) is 5.11 Å². The summed E-state index contributed by atoms with van der Waals surface area (Å²) in [6.45, 7) is 14.3. The van der Waals surface area contributed by atoms with Crippen LogP contribution in [-0.2, 0) is 14.0 Å². The SMILES string of the molecule is CCCC[C@H]1O[C@]1(B1OC(C)(C)C(C)(C)O1)[C@H](O)C(C)C. The maximum Gasteiger partial charge on any atom is 0.497 e. The number of aliphatic hydroxyl groups is 1. The van der Waals surface area contributed by atoms with Gasteiger partial charge in [-0.1, -0.05) is 33.6 Å². The van der Waals surface area contributed by atoms with Crippen molar-refractivity contribution in [1.29, 1.82) is 0 Å². The van der Waals surface area contributed by atoms with E-state index in [0.29, 0.717) is 0 Å². The molecular formula is C16H31BO4. The molecule has 0 bridgehead atoms. The molecule has 2 heterocycles. The maximum atomic E-state index is 10.7. The summed E-state index contributed by atoms with van der Waals surface area (Å²) in [6, 6.07) is 0. The van der Waals surface area contributed by atoms with Gasteiger partial charge in [-0.05, 0) is 40.0 Å². The first-order valence-corrected chi connectivity index (χ1v) is 8.30. The van der Waals surface area contributed by atoms with E-state index in [0.717, 1.165) is 19.3 Å². The van der Waals surface area contributed by atoms with Gasteiger partial charge in [-0.2, -0.15) is 0 Å². The average molecular weight is 298 g/mol. The highest BCUT2D eigenvalue weighted by Gasteiger charge is 2.74. The van der Waals surface area contributed by atoms with Crippen LogP contribution in [0.4, 0.5) is 0 Å². The summed E-state index contributed by atoms with van der Waals surface area (Å²) in [7, 11) is -0.498. The standard InChI is InChI=1S/C16H31BO4/c1-8-9-10-12-16(19-12,13(18)11(2)3)17-20-14(4,5)15(6,7)21-17/h11-13,18H,8-10H2,1-7H3/t12-,13-,16+/m1/s1. The molecule has 2 rings (SSSR count). The molecule has 2 aliphatic heterocycles. The molecule has 2 aliphatic rings. The molecule has 4 nitrogen and oxygen atoms in total. The second-order valence-electron chi connectivity index (χ2n) is 7.88. The van der Waals surface area contributed by atoms with Gasteiger partial charge in [0.2, 0.25) is 0 Å². The first-order valence-electron chi connectivity index (χ1n) is 8.30. The Bertz CT molecular complexity index is 366. The third kappa shape index (κ3) is 2.78. The largest absolute Gasteiger partial charge is 0.497 e. The van der Waals surface area contributed by atoms with Gasteiger partial charge < -0.3 is 19.2 Å². The molecule has 0 aromatic carbocycles. The van der Waals surface area contributed by atoms with Crippen LogP contribution in [0.15, 0.2) is 0 Å². The topological polar surface area (TPSA) is 51.2 Å². The molecule has 0 radical (unpaired) electrons. The zero-order valence-corrected chi connectivity index (χ0v) is 14.6. The molecule has 3 atom stereocenters. The van der Waals surface area contributed by atoms with Crippen molar-refractivity contribution >= 4 is 7.12 Å². The maximum absolute atomic E-state index is 10.7. The highest BCUT2D eigenvalue weighted by atomic mass is 16.7. The number of epoxide rings is 1. The van der Waals surface area contributed by atoms with E-state index in [1.54, 1.807) is 0 Å². The number of unbranched alkanes of at least 4 members (excludes halogenated alkanes) is 1. The van der Waals surface area contributed by atoms with Crippen molar-refractivity contribution in [2.75, 3.05) is 0 Å². The smallest absolute Gasteiger partial charge is 0.401 e. The molecule has 0 aromatic heterocycles. The molecule has 0 aromatic rings. The van der Waals surface area contributed by atoms with Gasteiger partial charge in [0, 0.05) is 0 Å². The highest BCUT2D eigenvalue weighted by molar-refractivity contribution is 6.51. The number of hydrogen-bond acceptors (Lipinski definition) is 4. The van der Waals surface area contributed by atoms with Crippen molar-refractivity contribution in [2.24, 2.45) is 5.92 Å². The minimum absolute atomic E-state index is 0.0320. The molecule has 0 saturated carbocycles. The molecule has 0 amide bonds. The molecule has 0 unspecified atom stereocenters. The van der Waals surface area contributed by atoms with Gasteiger partial charge >= 0.3 is 7.12 Å². The van der Waals surface area contributed by atoms with Crippen LogP contribution in [0.3, 0.4) is 0 Å². The molecule has 0 aliphatic carbocycles. The summed E-state index contributed by atoms with van der Waals surface area (Å²) in [5.41, 5.74) is -1.50. The highest BCUT2D eigenvalue weighted by Crippen LogP contribution is 2.52. The van der Waals surface area contributed by atoms with Gasteiger partial charge in [0.1, 0.15) is 0 Å². The van der Waals surface area contributed by atoms with E-state index in [2.05, 4.69) is 6.92 Å².